The van der Waals surface area contributed by atoms with Crippen LogP contribution in [0.15, 0.2) is 60.7 Å². The molecule has 0 heterocycles. The molecule has 2 atom stereocenters. The zero-order valence-corrected chi connectivity index (χ0v) is 17.0. The number of ether oxygens (including phenoxy) is 1. The second-order valence-electron chi connectivity index (χ2n) is 8.06. The number of alkyl carbamates (subject to hydrolysis) is 1. The Morgan fingerprint density at radius 1 is 0.964 bits per heavy atom. The molecule has 0 aliphatic carbocycles. The molecule has 0 bridgehead atoms. The number of amides is 1. The number of aryl methyl sites for hydroxylation is 1. The molecule has 0 saturated heterocycles. The van der Waals surface area contributed by atoms with Gasteiger partial charge in [0.25, 0.3) is 0 Å². The first-order chi connectivity index (χ1) is 13.4. The van der Waals surface area contributed by atoms with Crippen molar-refractivity contribution < 1.29 is 14.7 Å². The minimum Gasteiger partial charge on any atom is -0.444 e. The van der Waals surface area contributed by atoms with E-state index in [4.69, 9.17) is 4.74 Å². The van der Waals surface area contributed by atoms with Crippen LogP contribution in [0.3, 0.4) is 0 Å². The topological polar surface area (TPSA) is 70.6 Å². The van der Waals surface area contributed by atoms with Crippen molar-refractivity contribution in [1.82, 2.24) is 10.8 Å². The second-order valence-corrected chi connectivity index (χ2v) is 8.06. The third-order valence-electron chi connectivity index (χ3n) is 4.48. The number of nitrogens with one attached hydrogen (secondary N) is 2. The molecular formula is C23H32N2O3. The van der Waals surface area contributed by atoms with Crippen LogP contribution in [-0.4, -0.2) is 29.0 Å². The number of benzene rings is 2. The fourth-order valence-corrected chi connectivity index (χ4v) is 3.15. The summed E-state index contributed by atoms with van der Waals surface area (Å²) in [5.41, 5.74) is 4.19. The highest BCUT2D eigenvalue weighted by Crippen LogP contribution is 2.14. The van der Waals surface area contributed by atoms with Gasteiger partial charge in [-0.25, -0.2) is 10.3 Å². The quantitative estimate of drug-likeness (QED) is 0.557. The van der Waals surface area contributed by atoms with Crippen LogP contribution in [0.2, 0.25) is 0 Å². The van der Waals surface area contributed by atoms with Crippen LogP contribution in [0.1, 0.15) is 44.7 Å². The number of hydroxylamine groups is 1. The molecule has 28 heavy (non-hydrogen) atoms. The Balaban J connectivity index is 2.02. The third-order valence-corrected chi connectivity index (χ3v) is 4.48. The van der Waals surface area contributed by atoms with E-state index >= 15 is 0 Å². The number of carbonyl (C=O) groups is 1. The van der Waals surface area contributed by atoms with Crippen LogP contribution in [-0.2, 0) is 17.6 Å². The van der Waals surface area contributed by atoms with E-state index in [0.29, 0.717) is 6.42 Å². The van der Waals surface area contributed by atoms with E-state index in [-0.39, 0.29) is 12.1 Å². The molecule has 0 fully saturated rings. The van der Waals surface area contributed by atoms with Crippen molar-refractivity contribution in [2.45, 2.75) is 64.1 Å². The van der Waals surface area contributed by atoms with Crippen LogP contribution >= 0.6 is 0 Å². The molecular weight excluding hydrogens is 352 g/mol. The molecule has 0 radical (unpaired) electrons. The van der Waals surface area contributed by atoms with E-state index in [1.807, 2.05) is 69.3 Å². The normalized spacial score (nSPS) is 13.6. The summed E-state index contributed by atoms with van der Waals surface area (Å²) in [4.78, 5) is 12.3. The maximum atomic E-state index is 12.3. The van der Waals surface area contributed by atoms with Crippen molar-refractivity contribution in [3.05, 3.63) is 71.8 Å². The van der Waals surface area contributed by atoms with E-state index in [0.717, 1.165) is 24.8 Å². The van der Waals surface area contributed by atoms with Gasteiger partial charge in [0.2, 0.25) is 0 Å². The molecule has 2 rings (SSSR count). The molecule has 3 N–H and O–H groups in total. The second kappa shape index (κ2) is 10.8. The van der Waals surface area contributed by atoms with Gasteiger partial charge < -0.3 is 15.3 Å². The van der Waals surface area contributed by atoms with Gasteiger partial charge in [-0.2, -0.15) is 0 Å². The van der Waals surface area contributed by atoms with Gasteiger partial charge in [0.15, 0.2) is 0 Å². The monoisotopic (exact) mass is 384 g/mol. The average molecular weight is 385 g/mol. The average Bonchev–Trinajstić information content (AvgIpc) is 2.65. The van der Waals surface area contributed by atoms with Crippen molar-refractivity contribution in [3.8, 4) is 0 Å². The third kappa shape index (κ3) is 8.11. The lowest BCUT2D eigenvalue weighted by Crippen LogP contribution is -2.51. The highest BCUT2D eigenvalue weighted by molar-refractivity contribution is 5.68. The van der Waals surface area contributed by atoms with Gasteiger partial charge in [0.1, 0.15) is 5.60 Å². The molecule has 0 aliphatic heterocycles. The molecule has 5 heteroatoms. The first-order valence-corrected chi connectivity index (χ1v) is 9.84. The molecule has 0 spiro atoms. The predicted octanol–water partition coefficient (Wildman–Crippen LogP) is 4.49. The number of hydrogen-bond donors (Lipinski definition) is 3. The zero-order valence-electron chi connectivity index (χ0n) is 17.0. The van der Waals surface area contributed by atoms with Crippen LogP contribution in [0.4, 0.5) is 4.79 Å². The van der Waals surface area contributed by atoms with Gasteiger partial charge >= 0.3 is 6.09 Å². The lowest BCUT2D eigenvalue weighted by atomic mass is 9.95. The Morgan fingerprint density at radius 2 is 1.54 bits per heavy atom. The summed E-state index contributed by atoms with van der Waals surface area (Å²) in [6.45, 7) is 5.50. The molecule has 0 aromatic heterocycles. The highest BCUT2D eigenvalue weighted by Gasteiger charge is 2.25. The Morgan fingerprint density at radius 3 is 2.07 bits per heavy atom. The van der Waals surface area contributed by atoms with Gasteiger partial charge in [0.05, 0.1) is 12.1 Å². The molecule has 0 unspecified atom stereocenters. The van der Waals surface area contributed by atoms with Gasteiger partial charge in [-0.05, 0) is 57.6 Å². The van der Waals surface area contributed by atoms with Crippen LogP contribution in [0.25, 0.3) is 0 Å². The number of hydrogen-bond acceptors (Lipinski definition) is 4. The molecule has 152 valence electrons. The lowest BCUT2D eigenvalue weighted by molar-refractivity contribution is 0.0442. The van der Waals surface area contributed by atoms with E-state index in [9.17, 15) is 10.0 Å². The maximum absolute atomic E-state index is 12.3. The van der Waals surface area contributed by atoms with Gasteiger partial charge in [-0.15, -0.1) is 0 Å². The Labute approximate surface area is 168 Å². The Kier molecular flexibility index (Phi) is 8.48. The summed E-state index contributed by atoms with van der Waals surface area (Å²) >= 11 is 0. The van der Waals surface area contributed by atoms with E-state index < -0.39 is 11.7 Å². The van der Waals surface area contributed by atoms with Gasteiger partial charge in [0, 0.05) is 0 Å². The van der Waals surface area contributed by atoms with Crippen LogP contribution in [0, 0.1) is 0 Å². The molecule has 1 amide bonds. The van der Waals surface area contributed by atoms with Crippen molar-refractivity contribution in [3.63, 3.8) is 0 Å². The maximum Gasteiger partial charge on any atom is 0.407 e. The largest absolute Gasteiger partial charge is 0.444 e. The fourth-order valence-electron chi connectivity index (χ4n) is 3.15. The number of carbonyl (C=O) groups excluding carboxylic acids is 1. The zero-order chi connectivity index (χ0) is 20.4. The Bertz CT molecular complexity index is 699. The minimum atomic E-state index is -0.573. The summed E-state index contributed by atoms with van der Waals surface area (Å²) in [5, 5.41) is 12.7. The standard InChI is InChI=1S/C23H32N2O3/c1-23(2,3)28-22(26)24-21(17-19-13-8-5-9-14-19)20(25-27)16-10-15-18-11-6-4-7-12-18/h4-9,11-14,20-21,25,27H,10,15-17H2,1-3H3,(H,24,26)/t20-,21-/m0/s1. The molecule has 0 aliphatic rings. The van der Waals surface area contributed by atoms with Crippen molar-refractivity contribution >= 4 is 6.09 Å². The fraction of sp³-hybridized carbons (Fsp3) is 0.435. The van der Waals surface area contributed by atoms with Gasteiger partial charge in [-0.1, -0.05) is 60.7 Å². The SMILES string of the molecule is CC(C)(C)OC(=O)N[C@@H](Cc1ccccc1)[C@H](CCCc1ccccc1)NO. The van der Waals surface area contributed by atoms with Crippen LogP contribution in [0.5, 0.6) is 0 Å². The lowest BCUT2D eigenvalue weighted by Gasteiger charge is -2.29. The van der Waals surface area contributed by atoms with E-state index in [1.165, 1.54) is 5.56 Å². The van der Waals surface area contributed by atoms with Gasteiger partial charge in [-0.3, -0.25) is 0 Å². The minimum absolute atomic E-state index is 0.281. The molecule has 2 aromatic rings. The van der Waals surface area contributed by atoms with E-state index in [1.54, 1.807) is 0 Å². The molecule has 0 saturated carbocycles. The van der Waals surface area contributed by atoms with Crippen molar-refractivity contribution in [2.24, 2.45) is 0 Å². The number of rotatable bonds is 9. The van der Waals surface area contributed by atoms with E-state index in [2.05, 4.69) is 22.9 Å². The summed E-state index contributed by atoms with van der Waals surface area (Å²) < 4.78 is 5.41. The van der Waals surface area contributed by atoms with Crippen molar-refractivity contribution in [2.75, 3.05) is 0 Å². The summed E-state index contributed by atoms with van der Waals surface area (Å²) in [5.74, 6) is 0. The first-order valence-electron chi connectivity index (χ1n) is 9.84. The summed E-state index contributed by atoms with van der Waals surface area (Å²) in [6, 6.07) is 19.6. The molecule has 2 aromatic carbocycles. The summed E-state index contributed by atoms with van der Waals surface area (Å²) in [7, 11) is 0. The Hall–Kier alpha value is -2.37. The van der Waals surface area contributed by atoms with Crippen LogP contribution < -0.4 is 10.8 Å². The smallest absolute Gasteiger partial charge is 0.407 e. The predicted molar refractivity (Wildman–Crippen MR) is 111 cm³/mol. The molecule has 5 nitrogen and oxygen atoms in total. The van der Waals surface area contributed by atoms with Crippen molar-refractivity contribution in [1.29, 1.82) is 0 Å². The summed E-state index contributed by atoms with van der Waals surface area (Å²) in [6.07, 6.45) is 2.66. The first kappa shape index (κ1) is 21.9. The highest BCUT2D eigenvalue weighted by atomic mass is 16.6.